The summed E-state index contributed by atoms with van der Waals surface area (Å²) in [5.41, 5.74) is 2.18. The van der Waals surface area contributed by atoms with Crippen LogP contribution in [0.25, 0.3) is 11.1 Å². The Labute approximate surface area is 185 Å². The number of aryl methyl sites for hydroxylation is 1. The van der Waals surface area contributed by atoms with Crippen LogP contribution in [-0.2, 0) is 6.42 Å². The number of nitrogens with zero attached hydrogens (tertiary/aromatic N) is 4. The van der Waals surface area contributed by atoms with Gasteiger partial charge in [-0.15, -0.1) is 0 Å². The second-order valence-corrected chi connectivity index (χ2v) is 8.14. The van der Waals surface area contributed by atoms with Crippen molar-refractivity contribution < 1.29 is 13.5 Å². The summed E-state index contributed by atoms with van der Waals surface area (Å²) in [7, 11) is 1.21. The number of methoxy groups -OCH3 is 1. The molecule has 1 aliphatic carbocycles. The molecule has 1 saturated heterocycles. The van der Waals surface area contributed by atoms with Crippen LogP contribution < -0.4 is 9.64 Å². The number of halogens is 3. The zero-order valence-electron chi connectivity index (χ0n) is 17.4. The maximum atomic E-state index is 13.5. The van der Waals surface area contributed by atoms with Crippen LogP contribution >= 0.6 is 11.6 Å². The van der Waals surface area contributed by atoms with Crippen LogP contribution in [-0.4, -0.2) is 35.2 Å². The molecule has 2 fully saturated rings. The van der Waals surface area contributed by atoms with E-state index < -0.39 is 17.4 Å². The predicted octanol–water partition coefficient (Wildman–Crippen LogP) is 5.18. The lowest BCUT2D eigenvalue weighted by Crippen LogP contribution is -2.23. The Bertz CT molecular complexity index is 1010. The highest BCUT2D eigenvalue weighted by molar-refractivity contribution is 6.29. The minimum Gasteiger partial charge on any atom is -0.491 e. The van der Waals surface area contributed by atoms with E-state index in [2.05, 4.69) is 31.5 Å². The molecule has 5 rings (SSSR count). The molecular formula is C23H23ClF2N4O. The first-order valence-electron chi connectivity index (χ1n) is 10.2. The first kappa shape index (κ1) is 21.4. The van der Waals surface area contributed by atoms with Gasteiger partial charge in [0.15, 0.2) is 17.4 Å². The highest BCUT2D eigenvalue weighted by atomic mass is 35.5. The Morgan fingerprint density at radius 2 is 1.65 bits per heavy atom. The Kier molecular flexibility index (Phi) is 6.32. The van der Waals surface area contributed by atoms with Crippen molar-refractivity contribution in [2.45, 2.75) is 19.8 Å². The van der Waals surface area contributed by atoms with E-state index >= 15 is 0 Å². The van der Waals surface area contributed by atoms with Gasteiger partial charge in [-0.3, -0.25) is 0 Å². The second kappa shape index (κ2) is 9.14. The van der Waals surface area contributed by atoms with Gasteiger partial charge in [0.25, 0.3) is 0 Å². The number of ether oxygens (including phenoxy) is 1. The lowest BCUT2D eigenvalue weighted by Gasteiger charge is -2.17. The number of fused-ring (bicyclic) bond motifs is 1. The van der Waals surface area contributed by atoms with Crippen molar-refractivity contribution in [2.24, 2.45) is 11.8 Å². The van der Waals surface area contributed by atoms with Crippen molar-refractivity contribution in [3.63, 3.8) is 0 Å². The number of rotatable bonds is 4. The van der Waals surface area contributed by atoms with Crippen LogP contribution in [0.5, 0.6) is 5.75 Å². The zero-order chi connectivity index (χ0) is 22.0. The number of pyridine rings is 1. The molecule has 0 radical (unpaired) electrons. The van der Waals surface area contributed by atoms with Gasteiger partial charge in [0, 0.05) is 37.2 Å². The van der Waals surface area contributed by atoms with Crippen LogP contribution in [0.1, 0.15) is 18.9 Å². The van der Waals surface area contributed by atoms with Crippen LogP contribution in [0.2, 0.25) is 5.15 Å². The van der Waals surface area contributed by atoms with Crippen LogP contribution in [0, 0.1) is 23.5 Å². The van der Waals surface area contributed by atoms with E-state index in [4.69, 9.17) is 11.6 Å². The quantitative estimate of drug-likeness (QED) is 0.519. The van der Waals surface area contributed by atoms with Crippen LogP contribution in [0.15, 0.2) is 42.9 Å². The number of hydrogen-bond donors (Lipinski definition) is 0. The normalized spacial score (nSPS) is 18.8. The lowest BCUT2D eigenvalue weighted by molar-refractivity contribution is 0.360. The summed E-state index contributed by atoms with van der Waals surface area (Å²) >= 11 is 5.63. The molecule has 1 aromatic carbocycles. The molecule has 2 aromatic heterocycles. The average Bonchev–Trinajstić information content (AvgIpc) is 3.39. The van der Waals surface area contributed by atoms with Gasteiger partial charge >= 0.3 is 0 Å². The third-order valence-corrected chi connectivity index (χ3v) is 5.85. The highest BCUT2D eigenvalue weighted by Crippen LogP contribution is 2.45. The van der Waals surface area contributed by atoms with E-state index in [1.54, 1.807) is 12.1 Å². The van der Waals surface area contributed by atoms with Gasteiger partial charge in [-0.2, -0.15) is 0 Å². The van der Waals surface area contributed by atoms with Crippen molar-refractivity contribution in [3.05, 3.63) is 65.2 Å². The molecule has 0 N–H and O–H groups in total. The van der Waals surface area contributed by atoms with Gasteiger partial charge < -0.3 is 9.64 Å². The smallest absolute Gasteiger partial charge is 0.225 e. The molecule has 3 heterocycles. The summed E-state index contributed by atoms with van der Waals surface area (Å²) < 4.78 is 31.5. The minimum absolute atomic E-state index is 0.322. The first-order valence-corrected chi connectivity index (χ1v) is 10.6. The van der Waals surface area contributed by atoms with E-state index in [-0.39, 0.29) is 0 Å². The fraction of sp³-hybridized carbons (Fsp3) is 0.348. The molecule has 0 spiro atoms. The van der Waals surface area contributed by atoms with Gasteiger partial charge in [-0.05, 0) is 60.1 Å². The molecule has 8 heteroatoms. The van der Waals surface area contributed by atoms with Crippen molar-refractivity contribution in [3.8, 4) is 16.9 Å². The number of benzene rings is 1. The molecule has 31 heavy (non-hydrogen) atoms. The van der Waals surface area contributed by atoms with Gasteiger partial charge in [-0.25, -0.2) is 23.7 Å². The highest BCUT2D eigenvalue weighted by Gasteiger charge is 2.45. The number of piperidine rings is 1. The van der Waals surface area contributed by atoms with E-state index in [0.717, 1.165) is 24.2 Å². The third kappa shape index (κ3) is 4.93. The molecule has 1 aliphatic heterocycles. The van der Waals surface area contributed by atoms with E-state index in [9.17, 15) is 8.78 Å². The van der Waals surface area contributed by atoms with Crippen LogP contribution in [0.4, 0.5) is 14.7 Å². The third-order valence-electron chi connectivity index (χ3n) is 5.62. The minimum atomic E-state index is -0.752. The molecule has 0 bridgehead atoms. The molecule has 2 aliphatic rings. The number of anilines is 1. The van der Waals surface area contributed by atoms with Gasteiger partial charge in [0.1, 0.15) is 5.15 Å². The average molecular weight is 445 g/mol. The first-order chi connectivity index (χ1) is 15.0. The maximum absolute atomic E-state index is 13.5. The van der Waals surface area contributed by atoms with Crippen molar-refractivity contribution in [1.29, 1.82) is 0 Å². The molecule has 162 valence electrons. The Hall–Kier alpha value is -2.80. The molecule has 3 aromatic rings. The Balaban J connectivity index is 0.000000151. The molecule has 1 saturated carbocycles. The monoisotopic (exact) mass is 444 g/mol. The van der Waals surface area contributed by atoms with Crippen LogP contribution in [0.3, 0.4) is 0 Å². The Morgan fingerprint density at radius 3 is 2.16 bits per heavy atom. The maximum Gasteiger partial charge on any atom is 0.225 e. The summed E-state index contributed by atoms with van der Waals surface area (Å²) in [4.78, 5) is 15.0. The summed E-state index contributed by atoms with van der Waals surface area (Å²) in [5.74, 6) is 0.925. The molecular weight excluding hydrogens is 422 g/mol. The Morgan fingerprint density at radius 1 is 1.00 bits per heavy atom. The summed E-state index contributed by atoms with van der Waals surface area (Å²) in [5, 5.41) is 0.322. The largest absolute Gasteiger partial charge is 0.491 e. The van der Waals surface area contributed by atoms with Crippen molar-refractivity contribution in [1.82, 2.24) is 15.0 Å². The predicted molar refractivity (Wildman–Crippen MR) is 116 cm³/mol. The summed E-state index contributed by atoms with van der Waals surface area (Å²) in [6, 6.07) is 5.56. The molecule has 0 amide bonds. The van der Waals surface area contributed by atoms with Gasteiger partial charge in [0.2, 0.25) is 5.95 Å². The molecule has 2 unspecified atom stereocenters. The lowest BCUT2D eigenvalue weighted by atomic mass is 10.1. The number of aromatic nitrogens is 3. The topological polar surface area (TPSA) is 51.1 Å². The number of hydrogen-bond acceptors (Lipinski definition) is 5. The van der Waals surface area contributed by atoms with E-state index in [0.29, 0.717) is 16.3 Å². The summed E-state index contributed by atoms with van der Waals surface area (Å²) in [6.45, 7) is 4.48. The van der Waals surface area contributed by atoms with Gasteiger partial charge in [0.05, 0.1) is 7.11 Å². The molecule has 5 nitrogen and oxygen atoms in total. The summed E-state index contributed by atoms with van der Waals surface area (Å²) in [6.07, 6.45) is 7.80. The standard InChI is InChI=1S/C12H8ClF2NO.C11H15N3/c1-17-12-9(14)4-8(5-10(12)15)7-2-3-11(13)16-6-7;1-2-8-4-12-11(13-5-8)14-6-9-3-10(9)7-14/h2-6H,1H3;4-5,9-10H,2-3,6-7H2,1H3. The second-order valence-electron chi connectivity index (χ2n) is 7.75. The van der Waals surface area contributed by atoms with Gasteiger partial charge in [-0.1, -0.05) is 18.5 Å². The SMILES string of the molecule is CCc1cnc(N2CC3CC3C2)nc1.COc1c(F)cc(-c2ccc(Cl)nc2)cc1F. The molecule has 2 atom stereocenters. The van der Waals surface area contributed by atoms with E-state index in [1.807, 2.05) is 12.4 Å². The van der Waals surface area contributed by atoms with E-state index in [1.165, 1.54) is 50.5 Å². The fourth-order valence-corrected chi connectivity index (χ4v) is 3.84. The zero-order valence-corrected chi connectivity index (χ0v) is 18.1. The van der Waals surface area contributed by atoms with Crippen molar-refractivity contribution >= 4 is 17.5 Å². The fourth-order valence-electron chi connectivity index (χ4n) is 3.72. The van der Waals surface area contributed by atoms with Crippen molar-refractivity contribution in [2.75, 3.05) is 25.1 Å².